The zero-order valence-electron chi connectivity index (χ0n) is 11.8. The van der Waals surface area contributed by atoms with E-state index in [9.17, 15) is 0 Å². The first kappa shape index (κ1) is 13.3. The van der Waals surface area contributed by atoms with E-state index >= 15 is 0 Å². The third kappa shape index (κ3) is 3.21. The summed E-state index contributed by atoms with van der Waals surface area (Å²) in [5.41, 5.74) is 0. The molecule has 0 unspecified atom stereocenters. The fraction of sp³-hybridized carbons (Fsp3) is 1.00. The van der Waals surface area contributed by atoms with Gasteiger partial charge in [-0.05, 0) is 59.9 Å². The first-order chi connectivity index (χ1) is 8.22. The number of likely N-dealkylation sites (N-methyl/N-ethyl adjacent to an activating group) is 2. The molecule has 1 N–H and O–H groups in total. The van der Waals surface area contributed by atoms with Crippen LogP contribution in [0.15, 0.2) is 0 Å². The van der Waals surface area contributed by atoms with Crippen LogP contribution in [-0.2, 0) is 0 Å². The van der Waals surface area contributed by atoms with Crippen molar-refractivity contribution in [2.45, 2.75) is 56.7 Å². The molecule has 17 heavy (non-hydrogen) atoms. The maximum atomic E-state index is 3.53. The van der Waals surface area contributed by atoms with Crippen LogP contribution in [0.1, 0.15) is 38.5 Å². The molecule has 0 amide bonds. The SMILES string of the molecule is CN[C@@H]1CCCC[C@H]1N(C)C1CCN(C)CC1. The van der Waals surface area contributed by atoms with Gasteiger partial charge in [0.15, 0.2) is 0 Å². The van der Waals surface area contributed by atoms with Crippen LogP contribution in [0.3, 0.4) is 0 Å². The van der Waals surface area contributed by atoms with E-state index in [4.69, 9.17) is 0 Å². The Hall–Kier alpha value is -0.120. The Morgan fingerprint density at radius 3 is 2.35 bits per heavy atom. The lowest BCUT2D eigenvalue weighted by molar-refractivity contribution is 0.0711. The van der Waals surface area contributed by atoms with Gasteiger partial charge in [0.25, 0.3) is 0 Å². The molecular weight excluding hydrogens is 210 g/mol. The molecule has 1 heterocycles. The molecule has 2 aliphatic rings. The molecule has 1 saturated carbocycles. The largest absolute Gasteiger partial charge is 0.315 e. The second kappa shape index (κ2) is 6.17. The van der Waals surface area contributed by atoms with Gasteiger partial charge in [-0.1, -0.05) is 12.8 Å². The number of nitrogens with one attached hydrogen (secondary N) is 1. The van der Waals surface area contributed by atoms with Crippen molar-refractivity contribution in [1.82, 2.24) is 15.1 Å². The smallest absolute Gasteiger partial charge is 0.0249 e. The van der Waals surface area contributed by atoms with Gasteiger partial charge in [0.05, 0.1) is 0 Å². The highest BCUT2D eigenvalue weighted by molar-refractivity contribution is 4.90. The van der Waals surface area contributed by atoms with Gasteiger partial charge in [-0.15, -0.1) is 0 Å². The maximum Gasteiger partial charge on any atom is 0.0249 e. The molecule has 1 saturated heterocycles. The molecular formula is C14H29N3. The topological polar surface area (TPSA) is 18.5 Å². The lowest BCUT2D eigenvalue weighted by Gasteiger charge is -2.44. The molecule has 2 atom stereocenters. The second-order valence-electron chi connectivity index (χ2n) is 5.95. The van der Waals surface area contributed by atoms with E-state index in [0.29, 0.717) is 6.04 Å². The Labute approximate surface area is 107 Å². The average Bonchev–Trinajstić information content (AvgIpc) is 2.39. The van der Waals surface area contributed by atoms with Gasteiger partial charge in [0.2, 0.25) is 0 Å². The molecule has 2 fully saturated rings. The molecule has 2 rings (SSSR count). The highest BCUT2D eigenvalue weighted by Crippen LogP contribution is 2.26. The fourth-order valence-corrected chi connectivity index (χ4v) is 3.61. The van der Waals surface area contributed by atoms with Crippen molar-refractivity contribution >= 4 is 0 Å². The number of hydrogen-bond acceptors (Lipinski definition) is 3. The van der Waals surface area contributed by atoms with Crippen molar-refractivity contribution in [3.63, 3.8) is 0 Å². The summed E-state index contributed by atoms with van der Waals surface area (Å²) in [7, 11) is 6.73. The number of hydrogen-bond donors (Lipinski definition) is 1. The van der Waals surface area contributed by atoms with Gasteiger partial charge in [0, 0.05) is 18.1 Å². The lowest BCUT2D eigenvalue weighted by Crippen LogP contribution is -2.54. The van der Waals surface area contributed by atoms with Crippen molar-refractivity contribution < 1.29 is 0 Å². The van der Waals surface area contributed by atoms with E-state index in [-0.39, 0.29) is 0 Å². The molecule has 0 spiro atoms. The van der Waals surface area contributed by atoms with Gasteiger partial charge in [-0.25, -0.2) is 0 Å². The fourth-order valence-electron chi connectivity index (χ4n) is 3.61. The van der Waals surface area contributed by atoms with Crippen LogP contribution in [0.4, 0.5) is 0 Å². The van der Waals surface area contributed by atoms with Crippen molar-refractivity contribution in [2.24, 2.45) is 0 Å². The van der Waals surface area contributed by atoms with Crippen molar-refractivity contribution in [1.29, 1.82) is 0 Å². The molecule has 1 aliphatic carbocycles. The molecule has 0 radical (unpaired) electrons. The molecule has 3 heteroatoms. The minimum Gasteiger partial charge on any atom is -0.315 e. The van der Waals surface area contributed by atoms with E-state index < -0.39 is 0 Å². The number of likely N-dealkylation sites (tertiary alicyclic amines) is 1. The molecule has 1 aliphatic heterocycles. The maximum absolute atomic E-state index is 3.53. The zero-order chi connectivity index (χ0) is 12.3. The van der Waals surface area contributed by atoms with Crippen LogP contribution in [0.2, 0.25) is 0 Å². The Morgan fingerprint density at radius 2 is 1.71 bits per heavy atom. The van der Waals surface area contributed by atoms with Crippen LogP contribution in [-0.4, -0.2) is 62.2 Å². The second-order valence-corrected chi connectivity index (χ2v) is 5.95. The van der Waals surface area contributed by atoms with Gasteiger partial charge < -0.3 is 10.2 Å². The van der Waals surface area contributed by atoms with E-state index in [1.165, 1.54) is 51.6 Å². The summed E-state index contributed by atoms with van der Waals surface area (Å²) < 4.78 is 0. The summed E-state index contributed by atoms with van der Waals surface area (Å²) in [5, 5.41) is 3.53. The lowest BCUT2D eigenvalue weighted by atomic mass is 9.87. The molecule has 3 nitrogen and oxygen atoms in total. The van der Waals surface area contributed by atoms with Gasteiger partial charge in [0.1, 0.15) is 0 Å². The minimum atomic E-state index is 0.716. The third-order valence-corrected chi connectivity index (χ3v) is 4.89. The predicted octanol–water partition coefficient (Wildman–Crippen LogP) is 1.54. The number of rotatable bonds is 3. The van der Waals surface area contributed by atoms with Gasteiger partial charge in [-0.3, -0.25) is 4.90 Å². The van der Waals surface area contributed by atoms with Crippen LogP contribution in [0.25, 0.3) is 0 Å². The third-order valence-electron chi connectivity index (χ3n) is 4.89. The van der Waals surface area contributed by atoms with E-state index in [1.54, 1.807) is 0 Å². The summed E-state index contributed by atoms with van der Waals surface area (Å²) in [6.07, 6.45) is 8.26. The van der Waals surface area contributed by atoms with Crippen LogP contribution in [0, 0.1) is 0 Å². The van der Waals surface area contributed by atoms with E-state index in [0.717, 1.165) is 12.1 Å². The Morgan fingerprint density at radius 1 is 1.06 bits per heavy atom. The normalized spacial score (nSPS) is 33.2. The van der Waals surface area contributed by atoms with Crippen molar-refractivity contribution in [3.05, 3.63) is 0 Å². The first-order valence-electron chi connectivity index (χ1n) is 7.30. The van der Waals surface area contributed by atoms with Crippen LogP contribution in [0.5, 0.6) is 0 Å². The zero-order valence-corrected chi connectivity index (χ0v) is 11.8. The predicted molar refractivity (Wildman–Crippen MR) is 73.4 cm³/mol. The quantitative estimate of drug-likeness (QED) is 0.806. The summed E-state index contributed by atoms with van der Waals surface area (Å²) in [6, 6.07) is 2.29. The summed E-state index contributed by atoms with van der Waals surface area (Å²) >= 11 is 0. The van der Waals surface area contributed by atoms with Gasteiger partial charge >= 0.3 is 0 Å². The highest BCUT2D eigenvalue weighted by Gasteiger charge is 2.31. The molecule has 0 bridgehead atoms. The Balaban J connectivity index is 1.90. The summed E-state index contributed by atoms with van der Waals surface area (Å²) in [5.74, 6) is 0. The highest BCUT2D eigenvalue weighted by atomic mass is 15.2. The monoisotopic (exact) mass is 239 g/mol. The van der Waals surface area contributed by atoms with E-state index in [2.05, 4.69) is 36.3 Å². The first-order valence-corrected chi connectivity index (χ1v) is 7.30. The standard InChI is InChI=1S/C14H29N3/c1-15-13-6-4-5-7-14(13)17(3)12-8-10-16(2)11-9-12/h12-15H,4-11H2,1-3H3/t13-,14-/m1/s1. The molecule has 0 aromatic rings. The number of nitrogens with zero attached hydrogens (tertiary/aromatic N) is 2. The molecule has 100 valence electrons. The minimum absolute atomic E-state index is 0.716. The van der Waals surface area contributed by atoms with Gasteiger partial charge in [-0.2, -0.15) is 0 Å². The molecule has 0 aromatic carbocycles. The number of piperidine rings is 1. The molecule has 0 aromatic heterocycles. The summed E-state index contributed by atoms with van der Waals surface area (Å²) in [6.45, 7) is 2.54. The van der Waals surface area contributed by atoms with Crippen molar-refractivity contribution in [2.75, 3.05) is 34.2 Å². The summed E-state index contributed by atoms with van der Waals surface area (Å²) in [4.78, 5) is 5.15. The van der Waals surface area contributed by atoms with Crippen molar-refractivity contribution in [3.8, 4) is 0 Å². The Kier molecular flexibility index (Phi) is 4.83. The Bertz CT molecular complexity index is 224. The average molecular weight is 239 g/mol. The van der Waals surface area contributed by atoms with E-state index in [1.807, 2.05) is 0 Å². The van der Waals surface area contributed by atoms with Crippen LogP contribution < -0.4 is 5.32 Å². The van der Waals surface area contributed by atoms with Crippen LogP contribution >= 0.6 is 0 Å².